The molecule has 0 aromatic rings. The summed E-state index contributed by atoms with van der Waals surface area (Å²) in [4.78, 5) is 40.9. The summed E-state index contributed by atoms with van der Waals surface area (Å²) in [6, 6.07) is 0. The maximum atomic E-state index is 10.2. The van der Waals surface area contributed by atoms with Crippen LogP contribution in [0.5, 0.6) is 0 Å². The van der Waals surface area contributed by atoms with Gasteiger partial charge in [-0.05, 0) is 103 Å². The Morgan fingerprint density at radius 3 is 0.424 bits per heavy atom. The summed E-state index contributed by atoms with van der Waals surface area (Å²) in [6.45, 7) is 8.47. The van der Waals surface area contributed by atoms with Crippen molar-refractivity contribution in [1.82, 2.24) is 0 Å². The van der Waals surface area contributed by atoms with Gasteiger partial charge in [-0.25, -0.2) is 0 Å². The van der Waals surface area contributed by atoms with E-state index in [0.29, 0.717) is 0 Å². The van der Waals surface area contributed by atoms with Crippen LogP contribution in [-0.4, -0.2) is 96.0 Å². The zero-order chi connectivity index (χ0) is 63.0. The van der Waals surface area contributed by atoms with Crippen LogP contribution >= 0.6 is 0 Å². The fourth-order valence-corrected chi connectivity index (χ4v) is 10.9. The summed E-state index contributed by atoms with van der Waals surface area (Å²) < 4.78 is 0. The topological polar surface area (TPSA) is 241 Å². The largest absolute Gasteiger partial charge is 0.550 e. The summed E-state index contributed by atoms with van der Waals surface area (Å²) in [6.07, 6.45) is 65.0. The van der Waals surface area contributed by atoms with E-state index in [1.807, 2.05) is 0 Å². The van der Waals surface area contributed by atoms with E-state index in [1.165, 1.54) is 205 Å². The second-order valence-electron chi connectivity index (χ2n) is 25.0. The molecular weight excluding hydrogens is 1260 g/mol. The summed E-state index contributed by atoms with van der Waals surface area (Å²) in [5, 5.41) is 79.3. The third-order valence-electron chi connectivity index (χ3n) is 16.2. The van der Waals surface area contributed by atoms with Crippen molar-refractivity contribution in [3.8, 4) is 0 Å². The predicted octanol–water partition coefficient (Wildman–Crippen LogP) is 15.5. The van der Waals surface area contributed by atoms with Crippen molar-refractivity contribution < 1.29 is 60.0 Å². The minimum absolute atomic E-state index is 0. The summed E-state index contributed by atoms with van der Waals surface area (Å²) in [5.41, 5.74) is 0. The number of carbonyl (C=O) groups is 4. The number of hydrogen-bond donors (Lipinski definition) is 4. The molecule has 13 heteroatoms. The quantitative estimate of drug-likeness (QED) is 0.0328. The van der Waals surface area contributed by atoms with E-state index in [1.54, 1.807) is 0 Å². The van der Waals surface area contributed by atoms with Crippen LogP contribution in [-0.2, 0) is 19.2 Å². The number of carboxylic acids is 4. The van der Waals surface area contributed by atoms with Gasteiger partial charge < -0.3 is 60.0 Å². The fourth-order valence-electron chi connectivity index (χ4n) is 10.9. The summed E-state index contributed by atoms with van der Waals surface area (Å²) in [7, 11) is 0. The van der Waals surface area contributed by atoms with Crippen molar-refractivity contribution in [3.05, 3.63) is 0 Å². The van der Waals surface area contributed by atoms with Crippen LogP contribution in [0.4, 0.5) is 0 Å². The fraction of sp³-hybridized carbons (Fsp3) is 0.944. The first-order chi connectivity index (χ1) is 40.7. The number of unbranched alkanes of at least 4 members (excludes halogenated alkanes) is 40. The number of aliphatic carboxylic acids is 4. The van der Waals surface area contributed by atoms with E-state index < -0.39 is 23.9 Å². The zero-order valence-corrected chi connectivity index (χ0v) is 60.2. The minimum Gasteiger partial charge on any atom is -0.550 e. The molecule has 0 rings (SSSR count). The Kier molecular flexibility index (Phi) is 87.6. The van der Waals surface area contributed by atoms with E-state index in [2.05, 4.69) is 27.7 Å². The van der Waals surface area contributed by atoms with Crippen LogP contribution in [0.15, 0.2) is 0 Å². The Labute approximate surface area is 545 Å². The molecule has 85 heavy (non-hydrogen) atoms. The number of aliphatic hydroxyl groups excluding tert-OH is 4. The molecule has 0 bridgehead atoms. The molecule has 0 aromatic carbocycles. The van der Waals surface area contributed by atoms with Gasteiger partial charge in [0.2, 0.25) is 0 Å². The molecule has 0 aliphatic carbocycles. The molecule has 0 spiro atoms. The van der Waals surface area contributed by atoms with Crippen LogP contribution in [0.2, 0.25) is 0 Å². The number of aliphatic hydroxyl groups is 4. The van der Waals surface area contributed by atoms with Gasteiger partial charge in [-0.1, -0.05) is 310 Å². The number of rotatable bonds is 64. The van der Waals surface area contributed by atoms with E-state index in [4.69, 9.17) is 0 Å². The second kappa shape index (κ2) is 80.7. The van der Waals surface area contributed by atoms with Gasteiger partial charge in [-0.15, -0.1) is 0 Å². The SMILES string of the molecule is CCCC(O)CCCCCCCCCCCCCC(=O)[O-].CCCC(O)CCCCCCCCCCCCCC(=O)[O-].CCCC(O)CCCCCCCCCCCCCC(=O)[O-].CCCC(O)CCCCCCCCCCCCCC(=O)[O-].[Pb]. The molecule has 4 atom stereocenters. The molecule has 0 amide bonds. The number of carboxylic acid groups (broad SMARTS) is 4. The summed E-state index contributed by atoms with van der Waals surface area (Å²) >= 11 is 0. The third kappa shape index (κ3) is 96.5. The van der Waals surface area contributed by atoms with E-state index in [9.17, 15) is 60.0 Å². The first-order valence-corrected chi connectivity index (χ1v) is 36.2. The molecule has 0 fully saturated rings. The van der Waals surface area contributed by atoms with Crippen LogP contribution in [0.1, 0.15) is 413 Å². The van der Waals surface area contributed by atoms with Crippen LogP contribution in [0, 0.1) is 0 Å². The third-order valence-corrected chi connectivity index (χ3v) is 16.2. The molecule has 4 N–H and O–H groups in total. The molecule has 508 valence electrons. The number of carbonyl (C=O) groups excluding carboxylic acids is 4. The molecule has 0 aliphatic heterocycles. The standard InChI is InChI=1S/4C18H36O3.Pb/c4*1-2-14-17(19)15-12-10-8-6-4-3-5-7-9-11-13-16-18(20)21;/h4*17,19H,2-16H2,1H3,(H,20,21);/p-4. The Bertz CT molecular complexity index is 1110. The zero-order valence-electron chi connectivity index (χ0n) is 56.3. The molecule has 4 unspecified atom stereocenters. The van der Waals surface area contributed by atoms with Gasteiger partial charge in [-0.3, -0.25) is 0 Å². The Balaban J connectivity index is -0.000000333. The Morgan fingerprint density at radius 2 is 0.318 bits per heavy atom. The molecule has 0 heterocycles. The normalized spacial score (nSPS) is 12.3. The van der Waals surface area contributed by atoms with Gasteiger partial charge in [0.05, 0.1) is 24.4 Å². The molecule has 12 nitrogen and oxygen atoms in total. The van der Waals surface area contributed by atoms with E-state index in [-0.39, 0.29) is 77.4 Å². The van der Waals surface area contributed by atoms with Crippen molar-refractivity contribution in [1.29, 1.82) is 0 Å². The molecule has 4 radical (unpaired) electrons. The van der Waals surface area contributed by atoms with Gasteiger partial charge >= 0.3 is 0 Å². The van der Waals surface area contributed by atoms with Gasteiger partial charge in [0.15, 0.2) is 0 Å². The molecule has 0 aliphatic rings. The first-order valence-electron chi connectivity index (χ1n) is 36.2. The van der Waals surface area contributed by atoms with Crippen molar-refractivity contribution in [2.75, 3.05) is 0 Å². The maximum Gasteiger partial charge on any atom is 0.0540 e. The van der Waals surface area contributed by atoms with Gasteiger partial charge in [-0.2, -0.15) is 0 Å². The first kappa shape index (κ1) is 92.4. The van der Waals surface area contributed by atoms with Gasteiger partial charge in [0.1, 0.15) is 0 Å². The van der Waals surface area contributed by atoms with Gasteiger partial charge in [0, 0.05) is 51.2 Å². The van der Waals surface area contributed by atoms with E-state index >= 15 is 0 Å². The van der Waals surface area contributed by atoms with Crippen LogP contribution in [0.25, 0.3) is 0 Å². The van der Waals surface area contributed by atoms with Gasteiger partial charge in [0.25, 0.3) is 0 Å². The second-order valence-corrected chi connectivity index (χ2v) is 25.0. The molecule has 0 aromatic heterocycles. The number of hydrogen-bond acceptors (Lipinski definition) is 12. The average molecular weight is 1410 g/mol. The smallest absolute Gasteiger partial charge is 0.0540 e. The Hall–Kier alpha value is -1.36. The summed E-state index contributed by atoms with van der Waals surface area (Å²) in [5.74, 6) is -3.68. The molecule has 0 saturated carbocycles. The van der Waals surface area contributed by atoms with Crippen molar-refractivity contribution in [2.24, 2.45) is 0 Å². The van der Waals surface area contributed by atoms with Crippen LogP contribution in [0.3, 0.4) is 0 Å². The average Bonchev–Trinajstić information content (AvgIpc) is 3.44. The van der Waals surface area contributed by atoms with Crippen molar-refractivity contribution in [3.63, 3.8) is 0 Å². The van der Waals surface area contributed by atoms with E-state index in [0.717, 1.165) is 154 Å². The predicted molar refractivity (Wildman–Crippen MR) is 350 cm³/mol. The van der Waals surface area contributed by atoms with Crippen molar-refractivity contribution >= 4 is 51.2 Å². The molecular formula is C72H140O12Pb-4. The monoisotopic (exact) mass is 1410 g/mol. The molecule has 0 saturated heterocycles. The Morgan fingerprint density at radius 1 is 0.212 bits per heavy atom. The minimum atomic E-state index is -0.919. The van der Waals surface area contributed by atoms with Crippen LogP contribution < -0.4 is 20.4 Å². The maximum absolute atomic E-state index is 10.2. The van der Waals surface area contributed by atoms with Crippen molar-refractivity contribution in [2.45, 2.75) is 437 Å².